The fourth-order valence-corrected chi connectivity index (χ4v) is 2.16. The molecule has 0 radical (unpaired) electrons. The summed E-state index contributed by atoms with van der Waals surface area (Å²) in [6, 6.07) is 2.70. The summed E-state index contributed by atoms with van der Waals surface area (Å²) in [6.07, 6.45) is 0.292. The molecule has 2 rings (SSSR count). The Morgan fingerprint density at radius 3 is 2.70 bits per heavy atom. The minimum atomic E-state index is -0.647. The SMILES string of the molecule is CC(C)(C)[C@H](N)C(=O)Nc1cc2c(cc1Cl)NC(=O)C2. The van der Waals surface area contributed by atoms with Crippen molar-refractivity contribution in [1.29, 1.82) is 0 Å². The summed E-state index contributed by atoms with van der Waals surface area (Å²) in [5.74, 6) is -0.373. The number of halogens is 1. The molecule has 0 spiro atoms. The molecule has 20 heavy (non-hydrogen) atoms. The Kier molecular flexibility index (Phi) is 3.75. The molecule has 1 heterocycles. The average Bonchev–Trinajstić information content (AvgIpc) is 2.66. The van der Waals surface area contributed by atoms with Crippen LogP contribution in [0.2, 0.25) is 5.02 Å². The molecule has 4 N–H and O–H groups in total. The van der Waals surface area contributed by atoms with Gasteiger partial charge in [0.2, 0.25) is 11.8 Å². The monoisotopic (exact) mass is 295 g/mol. The van der Waals surface area contributed by atoms with Gasteiger partial charge in [0, 0.05) is 5.69 Å². The lowest BCUT2D eigenvalue weighted by Gasteiger charge is -2.26. The largest absolute Gasteiger partial charge is 0.325 e. The summed E-state index contributed by atoms with van der Waals surface area (Å²) in [7, 11) is 0. The van der Waals surface area contributed by atoms with E-state index in [0.717, 1.165) is 5.56 Å². The molecule has 1 aliphatic rings. The highest BCUT2D eigenvalue weighted by Gasteiger charge is 2.28. The number of fused-ring (bicyclic) bond motifs is 1. The van der Waals surface area contributed by atoms with Crippen LogP contribution in [0.5, 0.6) is 0 Å². The van der Waals surface area contributed by atoms with Crippen LogP contribution in [-0.4, -0.2) is 17.9 Å². The minimum absolute atomic E-state index is 0.0778. The molecule has 1 aromatic carbocycles. The van der Waals surface area contributed by atoms with Gasteiger partial charge >= 0.3 is 0 Å². The standard InChI is InChI=1S/C14H18ClN3O2/c1-14(2,3)12(16)13(20)18-10-4-7-5-11(19)17-9(7)6-8(10)15/h4,6,12H,5,16H2,1-3H3,(H,17,19)(H,18,20)/t12-/m1/s1. The quantitative estimate of drug-likeness (QED) is 0.781. The lowest BCUT2D eigenvalue weighted by atomic mass is 9.87. The van der Waals surface area contributed by atoms with E-state index < -0.39 is 6.04 Å². The average molecular weight is 296 g/mol. The first-order valence-electron chi connectivity index (χ1n) is 6.37. The van der Waals surface area contributed by atoms with Gasteiger partial charge in [-0.25, -0.2) is 0 Å². The van der Waals surface area contributed by atoms with Crippen LogP contribution in [0.3, 0.4) is 0 Å². The zero-order valence-electron chi connectivity index (χ0n) is 11.7. The normalized spacial score (nSPS) is 15.6. The van der Waals surface area contributed by atoms with Crippen LogP contribution in [0.4, 0.5) is 11.4 Å². The van der Waals surface area contributed by atoms with Crippen LogP contribution in [0.15, 0.2) is 12.1 Å². The molecule has 1 aliphatic heterocycles. The molecule has 0 saturated carbocycles. The highest BCUT2D eigenvalue weighted by atomic mass is 35.5. The number of carbonyl (C=O) groups excluding carboxylic acids is 2. The van der Waals surface area contributed by atoms with Crippen LogP contribution < -0.4 is 16.4 Å². The third kappa shape index (κ3) is 2.94. The molecule has 0 saturated heterocycles. The molecule has 0 bridgehead atoms. The van der Waals surface area contributed by atoms with Gasteiger partial charge in [-0.15, -0.1) is 0 Å². The summed E-state index contributed by atoms with van der Waals surface area (Å²) in [6.45, 7) is 5.68. The first-order chi connectivity index (χ1) is 9.18. The Bertz CT molecular complexity index is 579. The van der Waals surface area contributed by atoms with Crippen LogP contribution in [0.25, 0.3) is 0 Å². The summed E-state index contributed by atoms with van der Waals surface area (Å²) in [4.78, 5) is 23.4. The van der Waals surface area contributed by atoms with E-state index in [-0.39, 0.29) is 17.2 Å². The molecule has 0 aliphatic carbocycles. The van der Waals surface area contributed by atoms with E-state index in [0.29, 0.717) is 22.8 Å². The smallest absolute Gasteiger partial charge is 0.241 e. The summed E-state index contributed by atoms with van der Waals surface area (Å²) in [5, 5.41) is 5.81. The zero-order valence-corrected chi connectivity index (χ0v) is 12.5. The van der Waals surface area contributed by atoms with Crippen LogP contribution >= 0.6 is 11.6 Å². The number of rotatable bonds is 2. The third-order valence-corrected chi connectivity index (χ3v) is 3.60. The van der Waals surface area contributed by atoms with Crippen molar-refractivity contribution in [2.24, 2.45) is 11.1 Å². The number of anilines is 2. The second-order valence-electron chi connectivity index (χ2n) is 6.05. The fourth-order valence-electron chi connectivity index (χ4n) is 1.95. The van der Waals surface area contributed by atoms with E-state index in [4.69, 9.17) is 17.3 Å². The fraction of sp³-hybridized carbons (Fsp3) is 0.429. The maximum absolute atomic E-state index is 12.1. The van der Waals surface area contributed by atoms with Gasteiger partial charge < -0.3 is 16.4 Å². The molecule has 0 aromatic heterocycles. The maximum atomic E-state index is 12.1. The predicted octanol–water partition coefficient (Wildman–Crippen LogP) is 2.15. The number of hydrogen-bond donors (Lipinski definition) is 3. The van der Waals surface area contributed by atoms with Crippen molar-refractivity contribution in [3.05, 3.63) is 22.7 Å². The van der Waals surface area contributed by atoms with Crippen molar-refractivity contribution in [2.45, 2.75) is 33.2 Å². The van der Waals surface area contributed by atoms with Gasteiger partial charge in [0.15, 0.2) is 0 Å². The van der Waals surface area contributed by atoms with Gasteiger partial charge in [-0.1, -0.05) is 32.4 Å². The second-order valence-corrected chi connectivity index (χ2v) is 6.45. The van der Waals surface area contributed by atoms with Crippen LogP contribution in [-0.2, 0) is 16.0 Å². The topological polar surface area (TPSA) is 84.2 Å². The highest BCUT2D eigenvalue weighted by molar-refractivity contribution is 6.34. The van der Waals surface area contributed by atoms with Crippen LogP contribution in [0, 0.1) is 5.41 Å². The van der Waals surface area contributed by atoms with Crippen LogP contribution in [0.1, 0.15) is 26.3 Å². The zero-order chi connectivity index (χ0) is 15.1. The van der Waals surface area contributed by atoms with Crippen molar-refractivity contribution in [2.75, 3.05) is 10.6 Å². The van der Waals surface area contributed by atoms with E-state index in [1.54, 1.807) is 12.1 Å². The van der Waals surface area contributed by atoms with Gasteiger partial charge in [0.25, 0.3) is 0 Å². The van der Waals surface area contributed by atoms with E-state index in [1.807, 2.05) is 20.8 Å². The Balaban J connectivity index is 2.21. The van der Waals surface area contributed by atoms with Crippen molar-refractivity contribution in [3.63, 3.8) is 0 Å². The molecule has 5 nitrogen and oxygen atoms in total. The second kappa shape index (κ2) is 5.07. The number of nitrogens with two attached hydrogens (primary N) is 1. The predicted molar refractivity (Wildman–Crippen MR) is 79.8 cm³/mol. The van der Waals surface area contributed by atoms with Gasteiger partial charge in [-0.2, -0.15) is 0 Å². The van der Waals surface area contributed by atoms with Gasteiger partial charge in [-0.3, -0.25) is 9.59 Å². The van der Waals surface area contributed by atoms with Crippen molar-refractivity contribution in [1.82, 2.24) is 0 Å². The third-order valence-electron chi connectivity index (χ3n) is 3.29. The summed E-state index contributed by atoms with van der Waals surface area (Å²) < 4.78 is 0. The number of carbonyl (C=O) groups is 2. The van der Waals surface area contributed by atoms with E-state index in [9.17, 15) is 9.59 Å². The Morgan fingerprint density at radius 1 is 1.45 bits per heavy atom. The molecule has 6 heteroatoms. The highest BCUT2D eigenvalue weighted by Crippen LogP contribution is 2.33. The Labute approximate surface area is 122 Å². The molecule has 0 unspecified atom stereocenters. The summed E-state index contributed by atoms with van der Waals surface area (Å²) in [5.41, 5.74) is 7.55. The molecule has 1 atom stereocenters. The Morgan fingerprint density at radius 2 is 2.10 bits per heavy atom. The Hall–Kier alpha value is -1.59. The first-order valence-corrected chi connectivity index (χ1v) is 6.75. The van der Waals surface area contributed by atoms with Gasteiger partial charge in [0.05, 0.1) is 23.2 Å². The number of amides is 2. The van der Waals surface area contributed by atoms with Gasteiger partial charge in [0.1, 0.15) is 0 Å². The lowest BCUT2D eigenvalue weighted by molar-refractivity contribution is -0.119. The molecule has 2 amide bonds. The molecule has 108 valence electrons. The lowest BCUT2D eigenvalue weighted by Crippen LogP contribution is -2.45. The molecule has 1 aromatic rings. The first kappa shape index (κ1) is 14.8. The molecule has 0 fully saturated rings. The van der Waals surface area contributed by atoms with Crippen molar-refractivity contribution >= 4 is 34.8 Å². The van der Waals surface area contributed by atoms with E-state index in [2.05, 4.69) is 10.6 Å². The summed E-state index contributed by atoms with van der Waals surface area (Å²) >= 11 is 6.11. The minimum Gasteiger partial charge on any atom is -0.325 e. The number of hydrogen-bond acceptors (Lipinski definition) is 3. The molecular formula is C14H18ClN3O2. The molecular weight excluding hydrogens is 278 g/mol. The van der Waals surface area contributed by atoms with Crippen molar-refractivity contribution < 1.29 is 9.59 Å². The number of nitrogens with one attached hydrogen (secondary N) is 2. The maximum Gasteiger partial charge on any atom is 0.241 e. The van der Waals surface area contributed by atoms with Gasteiger partial charge in [-0.05, 0) is 23.1 Å². The number of benzene rings is 1. The van der Waals surface area contributed by atoms with E-state index in [1.165, 1.54) is 0 Å². The van der Waals surface area contributed by atoms with E-state index >= 15 is 0 Å². The van der Waals surface area contributed by atoms with Crippen molar-refractivity contribution in [3.8, 4) is 0 Å².